The first-order chi connectivity index (χ1) is 10.0. The van der Waals surface area contributed by atoms with Crippen LogP contribution in [0.3, 0.4) is 0 Å². The maximum absolute atomic E-state index is 12.5. The van der Waals surface area contributed by atoms with Crippen molar-refractivity contribution < 1.29 is 9.47 Å². The van der Waals surface area contributed by atoms with Gasteiger partial charge in [-0.1, -0.05) is 30.3 Å². The normalized spacial score (nSPS) is 20.8. The van der Waals surface area contributed by atoms with E-state index in [0.29, 0.717) is 5.75 Å². The first-order valence-electron chi connectivity index (χ1n) is 7.08. The van der Waals surface area contributed by atoms with Crippen molar-refractivity contribution in [2.75, 3.05) is 0 Å². The second-order valence-electron chi connectivity index (χ2n) is 5.45. The average Bonchev–Trinajstić information content (AvgIpc) is 2.51. The zero-order valence-corrected chi connectivity index (χ0v) is 12.7. The van der Waals surface area contributed by atoms with E-state index >= 15 is 0 Å². The third kappa shape index (κ3) is 2.16. The van der Waals surface area contributed by atoms with Crippen molar-refractivity contribution in [1.82, 2.24) is 4.57 Å². The van der Waals surface area contributed by atoms with Gasteiger partial charge >= 0.3 is 0 Å². The summed E-state index contributed by atoms with van der Waals surface area (Å²) in [5, 5.41) is 0. The molecule has 1 aliphatic heterocycles. The van der Waals surface area contributed by atoms with Crippen LogP contribution in [0.5, 0.6) is 5.75 Å². The van der Waals surface area contributed by atoms with Crippen molar-refractivity contribution in [3.05, 3.63) is 63.1 Å². The van der Waals surface area contributed by atoms with E-state index in [4.69, 9.17) is 9.47 Å². The molecule has 0 fully saturated rings. The van der Waals surface area contributed by atoms with Crippen LogP contribution in [-0.4, -0.2) is 4.57 Å². The van der Waals surface area contributed by atoms with Crippen LogP contribution < -0.4 is 10.2 Å². The molecule has 1 aromatic carbocycles. The average molecular weight is 285 g/mol. The van der Waals surface area contributed by atoms with Crippen molar-refractivity contribution >= 4 is 0 Å². The highest BCUT2D eigenvalue weighted by Gasteiger charge is 2.32. The maximum Gasteiger partial charge on any atom is 0.227 e. The number of hydrogen-bond acceptors (Lipinski definition) is 3. The van der Waals surface area contributed by atoms with Gasteiger partial charge in [0.15, 0.2) is 5.75 Å². The molecular weight excluding hydrogens is 266 g/mol. The minimum Gasteiger partial charge on any atom is -0.454 e. The number of nitrogens with zero attached hydrogens (tertiary/aromatic N) is 1. The first-order valence-corrected chi connectivity index (χ1v) is 7.08. The summed E-state index contributed by atoms with van der Waals surface area (Å²) in [4.78, 5) is 12.5. The van der Waals surface area contributed by atoms with Gasteiger partial charge in [-0.2, -0.15) is 0 Å². The Hall–Kier alpha value is -2.07. The van der Waals surface area contributed by atoms with Crippen LogP contribution in [0.2, 0.25) is 0 Å². The molecule has 21 heavy (non-hydrogen) atoms. The molecule has 0 aliphatic carbocycles. The SMILES string of the molecule is Cc1c(C)n(C)c2c(c1=O)OC(c1ccccc1)OC2C. The molecule has 0 amide bonds. The molecule has 0 saturated heterocycles. The van der Waals surface area contributed by atoms with Gasteiger partial charge in [-0.25, -0.2) is 0 Å². The second kappa shape index (κ2) is 5.04. The Labute approximate surface area is 123 Å². The molecule has 3 rings (SSSR count). The van der Waals surface area contributed by atoms with Crippen molar-refractivity contribution in [2.24, 2.45) is 7.05 Å². The Morgan fingerprint density at radius 1 is 1.14 bits per heavy atom. The zero-order valence-electron chi connectivity index (χ0n) is 12.7. The molecule has 0 bridgehead atoms. The van der Waals surface area contributed by atoms with E-state index < -0.39 is 6.29 Å². The highest BCUT2D eigenvalue weighted by Crippen LogP contribution is 2.38. The van der Waals surface area contributed by atoms with Gasteiger partial charge in [0.05, 0.1) is 5.69 Å². The predicted octanol–water partition coefficient (Wildman–Crippen LogP) is 3.17. The number of pyridine rings is 1. The topological polar surface area (TPSA) is 40.5 Å². The van der Waals surface area contributed by atoms with Crippen LogP contribution in [0.15, 0.2) is 35.1 Å². The van der Waals surface area contributed by atoms with E-state index in [1.807, 2.05) is 62.7 Å². The van der Waals surface area contributed by atoms with Crippen LogP contribution in [0.25, 0.3) is 0 Å². The number of rotatable bonds is 1. The lowest BCUT2D eigenvalue weighted by molar-refractivity contribution is -0.142. The second-order valence-corrected chi connectivity index (χ2v) is 5.45. The lowest BCUT2D eigenvalue weighted by Gasteiger charge is -2.33. The van der Waals surface area contributed by atoms with E-state index in [1.54, 1.807) is 0 Å². The predicted molar refractivity (Wildman–Crippen MR) is 80.5 cm³/mol. The van der Waals surface area contributed by atoms with Gasteiger partial charge < -0.3 is 14.0 Å². The fraction of sp³-hybridized carbons (Fsp3) is 0.353. The quantitative estimate of drug-likeness (QED) is 0.808. The molecule has 0 saturated carbocycles. The smallest absolute Gasteiger partial charge is 0.227 e. The molecule has 1 aromatic heterocycles. The molecule has 0 radical (unpaired) electrons. The molecular formula is C17H19NO3. The van der Waals surface area contributed by atoms with Gasteiger partial charge in [-0.05, 0) is 20.8 Å². The Morgan fingerprint density at radius 2 is 1.81 bits per heavy atom. The Kier molecular flexibility index (Phi) is 3.33. The third-order valence-electron chi connectivity index (χ3n) is 4.20. The van der Waals surface area contributed by atoms with Crippen LogP contribution in [0.1, 0.15) is 41.8 Å². The number of aromatic nitrogens is 1. The lowest BCUT2D eigenvalue weighted by atomic mass is 10.1. The van der Waals surface area contributed by atoms with E-state index in [0.717, 1.165) is 22.5 Å². The molecule has 0 spiro atoms. The highest BCUT2D eigenvalue weighted by atomic mass is 16.7. The Morgan fingerprint density at radius 3 is 2.48 bits per heavy atom. The Balaban J connectivity index is 2.13. The molecule has 110 valence electrons. The molecule has 4 heteroatoms. The number of hydrogen-bond donors (Lipinski definition) is 0. The van der Waals surface area contributed by atoms with Crippen LogP contribution in [-0.2, 0) is 11.8 Å². The van der Waals surface area contributed by atoms with E-state index in [-0.39, 0.29) is 11.5 Å². The molecule has 2 atom stereocenters. The van der Waals surface area contributed by atoms with Crippen molar-refractivity contribution in [3.63, 3.8) is 0 Å². The summed E-state index contributed by atoms with van der Waals surface area (Å²) >= 11 is 0. The first kappa shape index (κ1) is 13.9. The van der Waals surface area contributed by atoms with Gasteiger partial charge in [-0.15, -0.1) is 0 Å². The van der Waals surface area contributed by atoms with E-state index in [9.17, 15) is 4.79 Å². The minimum atomic E-state index is -0.538. The summed E-state index contributed by atoms with van der Waals surface area (Å²) < 4.78 is 13.8. The molecule has 2 heterocycles. The number of fused-ring (bicyclic) bond motifs is 1. The molecule has 2 aromatic rings. The van der Waals surface area contributed by atoms with Crippen molar-refractivity contribution in [3.8, 4) is 5.75 Å². The number of benzene rings is 1. The van der Waals surface area contributed by atoms with Crippen LogP contribution in [0.4, 0.5) is 0 Å². The largest absolute Gasteiger partial charge is 0.454 e. The van der Waals surface area contributed by atoms with Gasteiger partial charge in [0, 0.05) is 23.9 Å². The van der Waals surface area contributed by atoms with Crippen LogP contribution in [0, 0.1) is 13.8 Å². The van der Waals surface area contributed by atoms with E-state index in [2.05, 4.69) is 0 Å². The summed E-state index contributed by atoms with van der Waals surface area (Å²) in [7, 11) is 1.94. The molecule has 1 aliphatic rings. The lowest BCUT2D eigenvalue weighted by Crippen LogP contribution is -2.30. The minimum absolute atomic E-state index is 0.0447. The van der Waals surface area contributed by atoms with Crippen molar-refractivity contribution in [2.45, 2.75) is 33.2 Å². The zero-order chi connectivity index (χ0) is 15.1. The Bertz CT molecular complexity index is 734. The summed E-state index contributed by atoms with van der Waals surface area (Å²) in [5.74, 6) is 0.410. The van der Waals surface area contributed by atoms with Gasteiger partial charge in [0.2, 0.25) is 11.7 Å². The molecule has 0 N–H and O–H groups in total. The maximum atomic E-state index is 12.5. The van der Waals surface area contributed by atoms with Crippen molar-refractivity contribution in [1.29, 1.82) is 0 Å². The summed E-state index contributed by atoms with van der Waals surface area (Å²) in [6.07, 6.45) is -0.737. The van der Waals surface area contributed by atoms with Gasteiger partial charge in [-0.3, -0.25) is 4.79 Å². The van der Waals surface area contributed by atoms with Gasteiger partial charge in [0.25, 0.3) is 0 Å². The van der Waals surface area contributed by atoms with Gasteiger partial charge in [0.1, 0.15) is 6.10 Å². The number of ether oxygens (including phenoxy) is 2. The molecule has 4 nitrogen and oxygen atoms in total. The third-order valence-corrected chi connectivity index (χ3v) is 4.20. The summed E-state index contributed by atoms with van der Waals surface area (Å²) in [6.45, 7) is 5.72. The fourth-order valence-corrected chi connectivity index (χ4v) is 2.75. The van der Waals surface area contributed by atoms with E-state index in [1.165, 1.54) is 0 Å². The fourth-order valence-electron chi connectivity index (χ4n) is 2.75. The van der Waals surface area contributed by atoms with Crippen LogP contribution >= 0.6 is 0 Å². The standard InChI is InChI=1S/C17H19NO3/c1-10-11(2)18(4)14-12(3)20-17(21-16(14)15(10)19)13-8-6-5-7-9-13/h5-9,12,17H,1-4H3. The molecule has 2 unspecified atom stereocenters. The highest BCUT2D eigenvalue weighted by molar-refractivity contribution is 5.39. The summed E-state index contributed by atoms with van der Waals surface area (Å²) in [6, 6.07) is 9.68. The summed E-state index contributed by atoms with van der Waals surface area (Å²) in [5.41, 5.74) is 3.33. The monoisotopic (exact) mass is 285 g/mol.